The molecule has 1 saturated heterocycles. The Kier molecular flexibility index (Phi) is 4.83. The third kappa shape index (κ3) is 3.36. The van der Waals surface area contributed by atoms with Crippen molar-refractivity contribution in [3.8, 4) is 0 Å². The summed E-state index contributed by atoms with van der Waals surface area (Å²) in [7, 11) is 3.59. The Hall–Kier alpha value is -0.810. The quantitative estimate of drug-likeness (QED) is 0.805. The van der Waals surface area contributed by atoms with Gasteiger partial charge in [0.05, 0.1) is 6.10 Å². The van der Waals surface area contributed by atoms with E-state index in [9.17, 15) is 4.79 Å². The lowest BCUT2D eigenvalue weighted by molar-refractivity contribution is -0.00846. The van der Waals surface area contributed by atoms with Crippen LogP contribution in [0, 0.1) is 5.92 Å². The number of urea groups is 1. The molecule has 1 unspecified atom stereocenters. The van der Waals surface area contributed by atoms with Crippen LogP contribution in [-0.4, -0.2) is 57.0 Å². The van der Waals surface area contributed by atoms with Gasteiger partial charge in [0.25, 0.3) is 0 Å². The van der Waals surface area contributed by atoms with Gasteiger partial charge in [0.2, 0.25) is 0 Å². The number of hydrogen-bond donors (Lipinski definition) is 1. The number of methoxy groups -OCH3 is 1. The molecule has 2 amide bonds. The summed E-state index contributed by atoms with van der Waals surface area (Å²) in [5.74, 6) is 0.622. The molecule has 0 bridgehead atoms. The molecular weight excluding hydrogens is 232 g/mol. The highest BCUT2D eigenvalue weighted by atomic mass is 16.5. The number of rotatable bonds is 5. The summed E-state index contributed by atoms with van der Waals surface area (Å²) in [6.07, 6.45) is 4.39. The lowest BCUT2D eigenvalue weighted by atomic mass is 9.88. The zero-order chi connectivity index (χ0) is 13.0. The number of hydrogen-bond acceptors (Lipinski definition) is 3. The summed E-state index contributed by atoms with van der Waals surface area (Å²) >= 11 is 0. The minimum atomic E-state index is 0.0356. The Balaban J connectivity index is 1.59. The molecule has 1 atom stereocenters. The van der Waals surface area contributed by atoms with E-state index in [2.05, 4.69) is 5.32 Å². The Morgan fingerprint density at radius 3 is 2.89 bits per heavy atom. The molecule has 0 spiro atoms. The van der Waals surface area contributed by atoms with Crippen molar-refractivity contribution in [2.45, 2.75) is 37.8 Å². The van der Waals surface area contributed by atoms with Gasteiger partial charge < -0.3 is 19.7 Å². The van der Waals surface area contributed by atoms with Gasteiger partial charge in [0.1, 0.15) is 0 Å². The fourth-order valence-corrected chi connectivity index (χ4v) is 2.53. The van der Waals surface area contributed by atoms with Gasteiger partial charge in [-0.25, -0.2) is 4.79 Å². The zero-order valence-corrected chi connectivity index (χ0v) is 11.4. The van der Waals surface area contributed by atoms with Gasteiger partial charge in [0, 0.05) is 40.0 Å². The molecule has 104 valence electrons. The number of ether oxygens (including phenoxy) is 2. The van der Waals surface area contributed by atoms with Crippen LogP contribution in [0.25, 0.3) is 0 Å². The van der Waals surface area contributed by atoms with E-state index in [1.807, 2.05) is 7.05 Å². The van der Waals surface area contributed by atoms with Crippen LogP contribution >= 0.6 is 0 Å². The van der Waals surface area contributed by atoms with Crippen LogP contribution in [-0.2, 0) is 9.47 Å². The number of nitrogens with one attached hydrogen (secondary N) is 1. The van der Waals surface area contributed by atoms with Gasteiger partial charge in [-0.05, 0) is 31.6 Å². The Bertz CT molecular complexity index is 273. The second-order valence-electron chi connectivity index (χ2n) is 5.34. The molecule has 2 aliphatic rings. The summed E-state index contributed by atoms with van der Waals surface area (Å²) in [6, 6.07) is 0.373. The van der Waals surface area contributed by atoms with Crippen molar-refractivity contribution in [2.24, 2.45) is 5.92 Å². The maximum Gasteiger partial charge on any atom is 0.317 e. The molecule has 0 aromatic heterocycles. The van der Waals surface area contributed by atoms with Crippen molar-refractivity contribution in [2.75, 3.05) is 33.9 Å². The van der Waals surface area contributed by atoms with Crippen molar-refractivity contribution in [3.63, 3.8) is 0 Å². The Labute approximate surface area is 109 Å². The minimum Gasteiger partial charge on any atom is -0.381 e. The van der Waals surface area contributed by atoms with E-state index >= 15 is 0 Å². The average molecular weight is 256 g/mol. The van der Waals surface area contributed by atoms with Crippen molar-refractivity contribution in [3.05, 3.63) is 0 Å². The van der Waals surface area contributed by atoms with Crippen LogP contribution in [0.2, 0.25) is 0 Å². The van der Waals surface area contributed by atoms with E-state index in [0.717, 1.165) is 45.4 Å². The van der Waals surface area contributed by atoms with Gasteiger partial charge >= 0.3 is 6.03 Å². The zero-order valence-electron chi connectivity index (χ0n) is 11.4. The van der Waals surface area contributed by atoms with E-state index in [1.165, 1.54) is 0 Å². The maximum atomic E-state index is 11.9. The van der Waals surface area contributed by atoms with Crippen LogP contribution in [0.3, 0.4) is 0 Å². The molecule has 5 nitrogen and oxygen atoms in total. The third-order valence-electron chi connectivity index (χ3n) is 4.12. The van der Waals surface area contributed by atoms with E-state index in [4.69, 9.17) is 9.47 Å². The SMILES string of the molecule is COC1CC(N(C)C(=O)NCCC2CCOC2)C1. The van der Waals surface area contributed by atoms with Crippen LogP contribution in [0.1, 0.15) is 25.7 Å². The normalized spacial score (nSPS) is 30.9. The number of carbonyl (C=O) groups excluding carboxylic acids is 1. The molecule has 1 N–H and O–H groups in total. The first-order valence-corrected chi connectivity index (χ1v) is 6.82. The fraction of sp³-hybridized carbons (Fsp3) is 0.923. The van der Waals surface area contributed by atoms with Crippen LogP contribution in [0.5, 0.6) is 0 Å². The first-order chi connectivity index (χ1) is 8.70. The molecule has 0 aromatic rings. The number of nitrogens with zero attached hydrogens (tertiary/aromatic N) is 1. The van der Waals surface area contributed by atoms with E-state index in [0.29, 0.717) is 18.1 Å². The highest BCUT2D eigenvalue weighted by Gasteiger charge is 2.34. The Morgan fingerprint density at radius 1 is 1.50 bits per heavy atom. The van der Waals surface area contributed by atoms with Crippen molar-refractivity contribution < 1.29 is 14.3 Å². The molecule has 0 radical (unpaired) electrons. The van der Waals surface area contributed by atoms with Gasteiger partial charge in [0.15, 0.2) is 0 Å². The molecule has 1 aliphatic heterocycles. The predicted molar refractivity (Wildman–Crippen MR) is 68.5 cm³/mol. The smallest absolute Gasteiger partial charge is 0.317 e. The van der Waals surface area contributed by atoms with Gasteiger partial charge in [-0.2, -0.15) is 0 Å². The van der Waals surface area contributed by atoms with Crippen molar-refractivity contribution >= 4 is 6.03 Å². The standard InChI is InChI=1S/C13H24N2O3/c1-15(11-7-12(8-11)17-2)13(16)14-5-3-10-4-6-18-9-10/h10-12H,3-9H2,1-2H3,(H,14,16). The fourth-order valence-electron chi connectivity index (χ4n) is 2.53. The van der Waals surface area contributed by atoms with Crippen molar-refractivity contribution in [1.82, 2.24) is 10.2 Å². The molecule has 1 aliphatic carbocycles. The van der Waals surface area contributed by atoms with Crippen LogP contribution < -0.4 is 5.32 Å². The van der Waals surface area contributed by atoms with E-state index in [-0.39, 0.29) is 6.03 Å². The van der Waals surface area contributed by atoms with Crippen molar-refractivity contribution in [1.29, 1.82) is 0 Å². The maximum absolute atomic E-state index is 11.9. The van der Waals surface area contributed by atoms with Gasteiger partial charge in [-0.15, -0.1) is 0 Å². The van der Waals surface area contributed by atoms with Crippen LogP contribution in [0.4, 0.5) is 4.79 Å². The second-order valence-corrected chi connectivity index (χ2v) is 5.34. The Morgan fingerprint density at radius 2 is 2.28 bits per heavy atom. The van der Waals surface area contributed by atoms with E-state index < -0.39 is 0 Å². The molecule has 18 heavy (non-hydrogen) atoms. The predicted octanol–water partition coefficient (Wildman–Crippen LogP) is 1.23. The molecule has 1 saturated carbocycles. The lowest BCUT2D eigenvalue weighted by Gasteiger charge is -2.40. The van der Waals surface area contributed by atoms with E-state index in [1.54, 1.807) is 12.0 Å². The lowest BCUT2D eigenvalue weighted by Crippen LogP contribution is -2.51. The molecular formula is C13H24N2O3. The summed E-state index contributed by atoms with van der Waals surface area (Å²) in [5.41, 5.74) is 0. The second kappa shape index (κ2) is 6.38. The average Bonchev–Trinajstić information content (AvgIpc) is 2.80. The molecule has 2 rings (SSSR count). The third-order valence-corrected chi connectivity index (χ3v) is 4.12. The summed E-state index contributed by atoms with van der Waals surface area (Å²) < 4.78 is 10.5. The number of carbonyl (C=O) groups is 1. The summed E-state index contributed by atoms with van der Waals surface area (Å²) in [5, 5.41) is 2.98. The summed E-state index contributed by atoms with van der Waals surface area (Å²) in [4.78, 5) is 13.7. The first kappa shape index (κ1) is 13.6. The van der Waals surface area contributed by atoms with Gasteiger partial charge in [-0.1, -0.05) is 0 Å². The monoisotopic (exact) mass is 256 g/mol. The molecule has 2 fully saturated rings. The van der Waals surface area contributed by atoms with Crippen LogP contribution in [0.15, 0.2) is 0 Å². The van der Waals surface area contributed by atoms with Gasteiger partial charge in [-0.3, -0.25) is 0 Å². The highest BCUT2D eigenvalue weighted by molar-refractivity contribution is 5.74. The number of amides is 2. The minimum absolute atomic E-state index is 0.0356. The topological polar surface area (TPSA) is 50.8 Å². The largest absolute Gasteiger partial charge is 0.381 e. The highest BCUT2D eigenvalue weighted by Crippen LogP contribution is 2.26. The molecule has 0 aromatic carbocycles. The first-order valence-electron chi connectivity index (χ1n) is 6.82. The molecule has 5 heteroatoms. The molecule has 1 heterocycles. The summed E-state index contributed by atoms with van der Waals surface area (Å²) in [6.45, 7) is 2.47.